The van der Waals surface area contributed by atoms with Gasteiger partial charge in [0.1, 0.15) is 0 Å². The Labute approximate surface area is 100 Å². The number of carbonyl (C=O) groups is 1. The first-order valence-corrected chi connectivity index (χ1v) is 5.30. The van der Waals surface area contributed by atoms with Gasteiger partial charge in [-0.3, -0.25) is 9.48 Å². The third-order valence-electron chi connectivity index (χ3n) is 2.40. The summed E-state index contributed by atoms with van der Waals surface area (Å²) in [6.45, 7) is 3.83. The van der Waals surface area contributed by atoms with Crippen molar-refractivity contribution in [3.8, 4) is 0 Å². The van der Waals surface area contributed by atoms with Crippen molar-refractivity contribution in [2.75, 3.05) is 0 Å². The first-order valence-electron chi connectivity index (χ1n) is 4.89. The summed E-state index contributed by atoms with van der Waals surface area (Å²) in [6, 6.07) is 0. The van der Waals surface area contributed by atoms with Gasteiger partial charge in [0.25, 0.3) is 0 Å². The molecule has 16 heavy (non-hydrogen) atoms. The van der Waals surface area contributed by atoms with Crippen LogP contribution in [-0.2, 0) is 18.4 Å². The molecule has 0 fully saturated rings. The quantitative estimate of drug-likeness (QED) is 0.745. The molecule has 1 amide bonds. The zero-order valence-electron chi connectivity index (χ0n) is 9.65. The van der Waals surface area contributed by atoms with E-state index in [-0.39, 0.29) is 10.9 Å². The molecule has 0 bridgehead atoms. The second-order valence-corrected chi connectivity index (χ2v) is 4.63. The lowest BCUT2D eigenvalue weighted by molar-refractivity contribution is -0.126. The minimum Gasteiger partial charge on any atom is -0.392 e. The van der Waals surface area contributed by atoms with Gasteiger partial charge >= 0.3 is 0 Å². The summed E-state index contributed by atoms with van der Waals surface area (Å²) >= 11 is 4.84. The summed E-state index contributed by atoms with van der Waals surface area (Å²) in [7, 11) is 1.82. The maximum atomic E-state index is 11.8. The molecule has 88 valence electrons. The van der Waals surface area contributed by atoms with Crippen molar-refractivity contribution in [2.45, 2.75) is 20.4 Å². The highest BCUT2D eigenvalue weighted by atomic mass is 32.1. The van der Waals surface area contributed by atoms with Crippen molar-refractivity contribution in [3.63, 3.8) is 0 Å². The zero-order valence-corrected chi connectivity index (χ0v) is 10.5. The molecule has 3 N–H and O–H groups in total. The molecule has 1 heterocycles. The lowest BCUT2D eigenvalue weighted by Gasteiger charge is -2.21. The van der Waals surface area contributed by atoms with Crippen LogP contribution in [0.5, 0.6) is 0 Å². The van der Waals surface area contributed by atoms with Crippen LogP contribution in [-0.4, -0.2) is 20.7 Å². The van der Waals surface area contributed by atoms with E-state index < -0.39 is 5.41 Å². The molecule has 0 aliphatic carbocycles. The van der Waals surface area contributed by atoms with E-state index in [0.29, 0.717) is 6.54 Å². The normalized spacial score (nSPS) is 11.2. The highest BCUT2D eigenvalue weighted by molar-refractivity contribution is 7.80. The average molecular weight is 240 g/mol. The standard InChI is InChI=1S/C10H16N4OS/c1-10(2,8(11)16)9(15)12-4-7-5-13-14(3)6-7/h5-6H,4H2,1-3H3,(H2,11,16)(H,12,15). The molecule has 0 aliphatic heterocycles. The van der Waals surface area contributed by atoms with Crippen LogP contribution in [0.15, 0.2) is 12.4 Å². The summed E-state index contributed by atoms with van der Waals surface area (Å²) in [4.78, 5) is 12.0. The molecule has 0 spiro atoms. The first-order chi connectivity index (χ1) is 7.34. The van der Waals surface area contributed by atoms with Crippen LogP contribution in [0, 0.1) is 5.41 Å². The van der Waals surface area contributed by atoms with Crippen LogP contribution >= 0.6 is 12.2 Å². The summed E-state index contributed by atoms with van der Waals surface area (Å²) in [5.41, 5.74) is 5.62. The van der Waals surface area contributed by atoms with E-state index in [0.717, 1.165) is 5.56 Å². The van der Waals surface area contributed by atoms with Crippen LogP contribution in [0.3, 0.4) is 0 Å². The van der Waals surface area contributed by atoms with Crippen molar-refractivity contribution in [3.05, 3.63) is 18.0 Å². The molecule has 0 aromatic carbocycles. The Morgan fingerprint density at radius 3 is 2.75 bits per heavy atom. The van der Waals surface area contributed by atoms with E-state index in [9.17, 15) is 4.79 Å². The average Bonchev–Trinajstić information content (AvgIpc) is 2.60. The molecule has 0 atom stereocenters. The molecular weight excluding hydrogens is 224 g/mol. The molecule has 1 rings (SSSR count). The SMILES string of the molecule is Cn1cc(CNC(=O)C(C)(C)C(N)=S)cn1. The fraction of sp³-hybridized carbons (Fsp3) is 0.500. The molecule has 0 saturated carbocycles. The number of hydrogen-bond acceptors (Lipinski definition) is 3. The number of rotatable bonds is 4. The van der Waals surface area contributed by atoms with E-state index in [1.807, 2.05) is 13.2 Å². The Morgan fingerprint density at radius 2 is 2.31 bits per heavy atom. The van der Waals surface area contributed by atoms with E-state index in [1.54, 1.807) is 24.7 Å². The number of carbonyl (C=O) groups excluding carboxylic acids is 1. The third-order valence-corrected chi connectivity index (χ3v) is 2.91. The Morgan fingerprint density at radius 1 is 1.69 bits per heavy atom. The van der Waals surface area contributed by atoms with Gasteiger partial charge in [0, 0.05) is 25.4 Å². The second kappa shape index (κ2) is 4.61. The van der Waals surface area contributed by atoms with Gasteiger partial charge in [0.15, 0.2) is 0 Å². The number of nitrogens with one attached hydrogen (secondary N) is 1. The number of nitrogens with zero attached hydrogens (tertiary/aromatic N) is 2. The molecule has 0 saturated heterocycles. The minimum atomic E-state index is -0.822. The number of aryl methyl sites for hydroxylation is 1. The summed E-state index contributed by atoms with van der Waals surface area (Å²) in [5, 5.41) is 6.78. The van der Waals surface area contributed by atoms with Gasteiger partial charge in [-0.2, -0.15) is 5.10 Å². The Balaban J connectivity index is 2.56. The first kappa shape index (κ1) is 12.6. The predicted molar refractivity (Wildman–Crippen MR) is 65.6 cm³/mol. The molecule has 0 unspecified atom stereocenters. The highest BCUT2D eigenvalue weighted by Gasteiger charge is 2.30. The number of thiocarbonyl (C=S) groups is 1. The van der Waals surface area contributed by atoms with Gasteiger partial charge in [-0.15, -0.1) is 0 Å². The Hall–Kier alpha value is -1.43. The topological polar surface area (TPSA) is 72.9 Å². The van der Waals surface area contributed by atoms with Crippen LogP contribution in [0.4, 0.5) is 0 Å². The molecule has 0 aliphatic rings. The van der Waals surface area contributed by atoms with Crippen molar-refractivity contribution in [2.24, 2.45) is 18.2 Å². The summed E-state index contributed by atoms with van der Waals surface area (Å²) < 4.78 is 1.68. The number of aromatic nitrogens is 2. The van der Waals surface area contributed by atoms with Crippen molar-refractivity contribution >= 4 is 23.1 Å². The highest BCUT2D eigenvalue weighted by Crippen LogP contribution is 2.15. The largest absolute Gasteiger partial charge is 0.392 e. The maximum absolute atomic E-state index is 11.8. The molecular formula is C10H16N4OS. The lowest BCUT2D eigenvalue weighted by Crippen LogP contribution is -2.44. The monoisotopic (exact) mass is 240 g/mol. The molecule has 6 heteroatoms. The van der Waals surface area contributed by atoms with Gasteiger partial charge in [-0.25, -0.2) is 0 Å². The lowest BCUT2D eigenvalue weighted by atomic mass is 9.92. The second-order valence-electron chi connectivity index (χ2n) is 4.19. The zero-order chi connectivity index (χ0) is 12.3. The van der Waals surface area contributed by atoms with Crippen LogP contribution in [0.25, 0.3) is 0 Å². The fourth-order valence-electron chi connectivity index (χ4n) is 1.08. The fourth-order valence-corrected chi connectivity index (χ4v) is 1.17. The van der Waals surface area contributed by atoms with E-state index in [2.05, 4.69) is 10.4 Å². The van der Waals surface area contributed by atoms with Crippen LogP contribution < -0.4 is 11.1 Å². The van der Waals surface area contributed by atoms with E-state index in [1.165, 1.54) is 0 Å². The number of nitrogens with two attached hydrogens (primary N) is 1. The smallest absolute Gasteiger partial charge is 0.232 e. The van der Waals surface area contributed by atoms with Gasteiger partial charge in [0.2, 0.25) is 5.91 Å². The van der Waals surface area contributed by atoms with E-state index in [4.69, 9.17) is 18.0 Å². The Bertz CT molecular complexity index is 411. The molecule has 1 aromatic rings. The minimum absolute atomic E-state index is 0.177. The maximum Gasteiger partial charge on any atom is 0.232 e. The van der Waals surface area contributed by atoms with Gasteiger partial charge in [0.05, 0.1) is 16.6 Å². The van der Waals surface area contributed by atoms with Crippen LogP contribution in [0.1, 0.15) is 19.4 Å². The van der Waals surface area contributed by atoms with Gasteiger partial charge < -0.3 is 11.1 Å². The summed E-state index contributed by atoms with van der Waals surface area (Å²) in [5.74, 6) is -0.177. The van der Waals surface area contributed by atoms with Crippen molar-refractivity contribution in [1.29, 1.82) is 0 Å². The Kier molecular flexibility index (Phi) is 3.64. The molecule has 0 radical (unpaired) electrons. The van der Waals surface area contributed by atoms with Crippen LogP contribution in [0.2, 0.25) is 0 Å². The molecule has 5 nitrogen and oxygen atoms in total. The summed E-state index contributed by atoms with van der Waals surface area (Å²) in [6.07, 6.45) is 3.54. The van der Waals surface area contributed by atoms with Gasteiger partial charge in [-0.1, -0.05) is 12.2 Å². The van der Waals surface area contributed by atoms with E-state index >= 15 is 0 Å². The molecule has 1 aromatic heterocycles. The van der Waals surface area contributed by atoms with Crippen molar-refractivity contribution < 1.29 is 4.79 Å². The number of hydrogen-bond donors (Lipinski definition) is 2. The van der Waals surface area contributed by atoms with Gasteiger partial charge in [-0.05, 0) is 13.8 Å². The third kappa shape index (κ3) is 2.79. The predicted octanol–water partition coefficient (Wildman–Crippen LogP) is 0.349. The number of amides is 1. The van der Waals surface area contributed by atoms with Crippen molar-refractivity contribution in [1.82, 2.24) is 15.1 Å².